The summed E-state index contributed by atoms with van der Waals surface area (Å²) in [5.74, 6) is -1.04. The molecule has 8 heteroatoms. The maximum atomic E-state index is 12.1. The molecule has 0 aromatic rings. The van der Waals surface area contributed by atoms with Gasteiger partial charge in [0.1, 0.15) is 6.04 Å². The summed E-state index contributed by atoms with van der Waals surface area (Å²) in [6.07, 6.45) is 1.45. The van der Waals surface area contributed by atoms with Gasteiger partial charge in [-0.25, -0.2) is 4.79 Å². The van der Waals surface area contributed by atoms with E-state index in [2.05, 4.69) is 23.3 Å². The minimum Gasteiger partial charge on any atom is -0.480 e. The van der Waals surface area contributed by atoms with E-state index in [0.29, 0.717) is 31.1 Å². The SMILES string of the molecule is CC(C)CC(CS)C(=O)N[C@@H](CCCNC(=N)N)C(=O)O. The Kier molecular flexibility index (Phi) is 9.60. The van der Waals surface area contributed by atoms with Gasteiger partial charge in [0.25, 0.3) is 0 Å². The zero-order valence-corrected chi connectivity index (χ0v) is 13.5. The van der Waals surface area contributed by atoms with Crippen LogP contribution in [-0.2, 0) is 9.59 Å². The summed E-state index contributed by atoms with van der Waals surface area (Å²) in [5.41, 5.74) is 5.13. The maximum Gasteiger partial charge on any atom is 0.326 e. The number of carboxylic acid groups (broad SMARTS) is 1. The smallest absolute Gasteiger partial charge is 0.326 e. The molecule has 0 aliphatic heterocycles. The fraction of sp³-hybridized carbons (Fsp3) is 0.769. The lowest BCUT2D eigenvalue weighted by Gasteiger charge is -2.20. The third kappa shape index (κ3) is 9.17. The van der Waals surface area contributed by atoms with Gasteiger partial charge in [-0.05, 0) is 25.2 Å². The zero-order valence-electron chi connectivity index (χ0n) is 12.6. The number of carbonyl (C=O) groups is 2. The summed E-state index contributed by atoms with van der Waals surface area (Å²) in [4.78, 5) is 23.2. The number of carbonyl (C=O) groups excluding carboxylic acids is 1. The highest BCUT2D eigenvalue weighted by Crippen LogP contribution is 2.14. The van der Waals surface area contributed by atoms with Crippen molar-refractivity contribution in [2.75, 3.05) is 12.3 Å². The van der Waals surface area contributed by atoms with Crippen molar-refractivity contribution >= 4 is 30.5 Å². The lowest BCUT2D eigenvalue weighted by molar-refractivity contribution is -0.142. The normalized spacial score (nSPS) is 13.5. The standard InChI is InChI=1S/C13H26N4O3S/c1-8(2)6-9(7-21)11(18)17-10(12(19)20)4-3-5-16-13(14)15/h8-10,21H,3-7H2,1-2H3,(H,17,18)(H,19,20)(H4,14,15,16)/t9?,10-/m0/s1. The van der Waals surface area contributed by atoms with Crippen LogP contribution >= 0.6 is 12.6 Å². The molecule has 0 saturated heterocycles. The highest BCUT2D eigenvalue weighted by atomic mass is 32.1. The van der Waals surface area contributed by atoms with Crippen molar-refractivity contribution in [3.05, 3.63) is 0 Å². The predicted molar refractivity (Wildman–Crippen MR) is 85.5 cm³/mol. The molecule has 0 fully saturated rings. The first-order valence-electron chi connectivity index (χ1n) is 6.99. The number of nitrogens with two attached hydrogens (primary N) is 1. The Balaban J connectivity index is 4.37. The Morgan fingerprint density at radius 2 is 2.00 bits per heavy atom. The Morgan fingerprint density at radius 3 is 2.43 bits per heavy atom. The molecule has 1 unspecified atom stereocenters. The van der Waals surface area contributed by atoms with Crippen molar-refractivity contribution in [1.29, 1.82) is 5.41 Å². The zero-order chi connectivity index (χ0) is 16.4. The summed E-state index contributed by atoms with van der Waals surface area (Å²) in [6, 6.07) is -0.930. The number of carboxylic acids is 1. The predicted octanol–water partition coefficient (Wildman–Crippen LogP) is 0.411. The highest BCUT2D eigenvalue weighted by molar-refractivity contribution is 7.80. The summed E-state index contributed by atoms with van der Waals surface area (Å²) < 4.78 is 0. The van der Waals surface area contributed by atoms with Crippen LogP contribution in [0, 0.1) is 17.2 Å². The second-order valence-electron chi connectivity index (χ2n) is 5.39. The van der Waals surface area contributed by atoms with Gasteiger partial charge in [-0.15, -0.1) is 0 Å². The topological polar surface area (TPSA) is 128 Å². The minimum atomic E-state index is -1.06. The van der Waals surface area contributed by atoms with E-state index in [-0.39, 0.29) is 24.2 Å². The summed E-state index contributed by atoms with van der Waals surface area (Å²) in [6.45, 7) is 4.41. The third-order valence-corrected chi connectivity index (χ3v) is 3.39. The Hall–Kier alpha value is -1.44. The number of aliphatic carboxylic acids is 1. The van der Waals surface area contributed by atoms with Gasteiger partial charge >= 0.3 is 5.97 Å². The number of nitrogens with one attached hydrogen (secondary N) is 3. The fourth-order valence-corrected chi connectivity index (χ4v) is 2.22. The maximum absolute atomic E-state index is 12.1. The van der Waals surface area contributed by atoms with E-state index < -0.39 is 12.0 Å². The van der Waals surface area contributed by atoms with Crippen molar-refractivity contribution < 1.29 is 14.7 Å². The van der Waals surface area contributed by atoms with Gasteiger partial charge in [0.05, 0.1) is 0 Å². The lowest BCUT2D eigenvalue weighted by Crippen LogP contribution is -2.44. The van der Waals surface area contributed by atoms with Gasteiger partial charge in [0.2, 0.25) is 5.91 Å². The van der Waals surface area contributed by atoms with E-state index in [1.54, 1.807) is 0 Å². The molecule has 0 spiro atoms. The van der Waals surface area contributed by atoms with E-state index in [1.807, 2.05) is 13.8 Å². The molecule has 0 rings (SSSR count). The molecule has 21 heavy (non-hydrogen) atoms. The Bertz CT molecular complexity index is 363. The summed E-state index contributed by atoms with van der Waals surface area (Å²) in [5, 5.41) is 21.3. The van der Waals surface area contributed by atoms with Crippen molar-refractivity contribution in [2.24, 2.45) is 17.6 Å². The van der Waals surface area contributed by atoms with Crippen LogP contribution in [-0.4, -0.2) is 41.3 Å². The van der Waals surface area contributed by atoms with Crippen molar-refractivity contribution in [1.82, 2.24) is 10.6 Å². The van der Waals surface area contributed by atoms with Crippen LogP contribution in [0.5, 0.6) is 0 Å². The highest BCUT2D eigenvalue weighted by Gasteiger charge is 2.24. The fourth-order valence-electron chi connectivity index (χ4n) is 1.91. The van der Waals surface area contributed by atoms with Crippen LogP contribution < -0.4 is 16.4 Å². The van der Waals surface area contributed by atoms with Crippen molar-refractivity contribution in [2.45, 2.75) is 39.2 Å². The number of guanidine groups is 1. The van der Waals surface area contributed by atoms with Crippen LogP contribution in [0.1, 0.15) is 33.1 Å². The van der Waals surface area contributed by atoms with Crippen LogP contribution in [0.25, 0.3) is 0 Å². The molecule has 6 N–H and O–H groups in total. The van der Waals surface area contributed by atoms with Crippen LogP contribution in [0.3, 0.4) is 0 Å². The number of hydrogen-bond acceptors (Lipinski definition) is 4. The van der Waals surface area contributed by atoms with Crippen molar-refractivity contribution in [3.8, 4) is 0 Å². The molecule has 0 bridgehead atoms. The molecular formula is C13H26N4O3S. The quantitative estimate of drug-likeness (QED) is 0.150. The van der Waals surface area contributed by atoms with E-state index in [1.165, 1.54) is 0 Å². The monoisotopic (exact) mass is 318 g/mol. The molecular weight excluding hydrogens is 292 g/mol. The number of amides is 1. The molecule has 0 radical (unpaired) electrons. The van der Waals surface area contributed by atoms with Gasteiger partial charge in [-0.2, -0.15) is 12.6 Å². The van der Waals surface area contributed by atoms with E-state index in [0.717, 1.165) is 0 Å². The molecule has 0 saturated carbocycles. The number of rotatable bonds is 10. The molecule has 1 amide bonds. The van der Waals surface area contributed by atoms with Crippen LogP contribution in [0.2, 0.25) is 0 Å². The number of hydrogen-bond donors (Lipinski definition) is 6. The third-order valence-electron chi connectivity index (χ3n) is 2.95. The van der Waals surface area contributed by atoms with Gasteiger partial charge < -0.3 is 21.5 Å². The lowest BCUT2D eigenvalue weighted by atomic mass is 9.97. The first-order valence-corrected chi connectivity index (χ1v) is 7.63. The second kappa shape index (κ2) is 10.3. The molecule has 2 atom stereocenters. The van der Waals surface area contributed by atoms with E-state index >= 15 is 0 Å². The molecule has 122 valence electrons. The van der Waals surface area contributed by atoms with Crippen LogP contribution in [0.15, 0.2) is 0 Å². The first kappa shape index (κ1) is 19.6. The molecule has 0 aliphatic carbocycles. The van der Waals surface area contributed by atoms with Gasteiger partial charge in [0.15, 0.2) is 5.96 Å². The summed E-state index contributed by atoms with van der Waals surface area (Å²) in [7, 11) is 0. The van der Waals surface area contributed by atoms with Crippen LogP contribution in [0.4, 0.5) is 0 Å². The molecule has 7 nitrogen and oxygen atoms in total. The summed E-state index contributed by atoms with van der Waals surface area (Å²) >= 11 is 4.16. The van der Waals surface area contributed by atoms with Gasteiger partial charge in [-0.1, -0.05) is 13.8 Å². The number of thiol groups is 1. The molecule has 0 aliphatic rings. The van der Waals surface area contributed by atoms with E-state index in [4.69, 9.17) is 16.2 Å². The van der Waals surface area contributed by atoms with Gasteiger partial charge in [-0.3, -0.25) is 10.2 Å². The first-order chi connectivity index (χ1) is 9.77. The van der Waals surface area contributed by atoms with Gasteiger partial charge in [0, 0.05) is 18.2 Å². The Labute approximate surface area is 131 Å². The largest absolute Gasteiger partial charge is 0.480 e. The minimum absolute atomic E-state index is 0.155. The average Bonchev–Trinajstić information content (AvgIpc) is 2.38. The second-order valence-corrected chi connectivity index (χ2v) is 5.76. The Morgan fingerprint density at radius 1 is 1.38 bits per heavy atom. The van der Waals surface area contributed by atoms with E-state index in [9.17, 15) is 9.59 Å². The molecule has 0 heterocycles. The van der Waals surface area contributed by atoms with Crippen molar-refractivity contribution in [3.63, 3.8) is 0 Å². The molecule has 0 aromatic carbocycles. The average molecular weight is 318 g/mol. The molecule has 0 aromatic heterocycles.